The molecule has 2 aromatic carbocycles. The zero-order valence-electron chi connectivity index (χ0n) is 16.6. The number of hydrogen-bond acceptors (Lipinski definition) is 9. The van der Waals surface area contributed by atoms with Crippen LogP contribution in [-0.4, -0.2) is 56.8 Å². The lowest BCUT2D eigenvalue weighted by molar-refractivity contribution is -0.384. The SMILES string of the molecule is O=C1c2ccc3c4c(ccc(c24)C(=O)N1NCCO)C(=O)N(c1ccncc1[N+](=O)[O-])C3=O. The number of hydrazine groups is 1. The third kappa shape index (κ3) is 2.75. The molecule has 0 saturated heterocycles. The van der Waals surface area contributed by atoms with Crippen molar-refractivity contribution in [2.24, 2.45) is 0 Å². The Kier molecular flexibility index (Phi) is 4.48. The fraction of sp³-hybridized carbons (Fsp3) is 0.0952. The predicted molar refractivity (Wildman–Crippen MR) is 112 cm³/mol. The van der Waals surface area contributed by atoms with Crippen LogP contribution in [0.4, 0.5) is 11.4 Å². The maximum absolute atomic E-state index is 13.3. The summed E-state index contributed by atoms with van der Waals surface area (Å²) in [6, 6.07) is 6.61. The quantitative estimate of drug-likeness (QED) is 0.330. The summed E-state index contributed by atoms with van der Waals surface area (Å²) in [5.74, 6) is -3.05. The number of rotatable bonds is 5. The number of anilines is 1. The number of carbonyl (C=O) groups is 4. The maximum Gasteiger partial charge on any atom is 0.311 e. The number of carbonyl (C=O) groups excluding carboxylic acids is 4. The molecule has 2 N–H and O–H groups in total. The lowest BCUT2D eigenvalue weighted by atomic mass is 9.86. The van der Waals surface area contributed by atoms with E-state index in [-0.39, 0.29) is 51.9 Å². The van der Waals surface area contributed by atoms with Crippen LogP contribution in [0.1, 0.15) is 41.4 Å². The number of imide groups is 2. The van der Waals surface area contributed by atoms with Gasteiger partial charge in [0, 0.05) is 34.6 Å². The highest BCUT2D eigenvalue weighted by Gasteiger charge is 2.41. The van der Waals surface area contributed by atoms with Crippen molar-refractivity contribution in [2.75, 3.05) is 18.1 Å². The molecular weight excluding hydrogens is 434 g/mol. The number of aliphatic hydroxyl groups is 1. The molecular formula is C21H13N5O7. The number of amides is 4. The summed E-state index contributed by atoms with van der Waals surface area (Å²) in [4.78, 5) is 67.6. The number of nitrogens with zero attached hydrogens (tertiary/aromatic N) is 4. The molecule has 0 atom stereocenters. The van der Waals surface area contributed by atoms with E-state index in [9.17, 15) is 29.3 Å². The Labute approximate surface area is 184 Å². The molecule has 4 amide bonds. The lowest BCUT2D eigenvalue weighted by Gasteiger charge is -2.31. The van der Waals surface area contributed by atoms with E-state index in [2.05, 4.69) is 10.4 Å². The lowest BCUT2D eigenvalue weighted by Crippen LogP contribution is -2.50. The first-order chi connectivity index (χ1) is 15.9. The predicted octanol–water partition coefficient (Wildman–Crippen LogP) is 1.04. The van der Waals surface area contributed by atoms with Crippen molar-refractivity contribution in [1.82, 2.24) is 15.4 Å². The average molecular weight is 447 g/mol. The molecule has 3 aromatic rings. The first-order valence-electron chi connectivity index (χ1n) is 9.67. The van der Waals surface area contributed by atoms with Crippen LogP contribution in [0.3, 0.4) is 0 Å². The Morgan fingerprint density at radius 1 is 0.879 bits per heavy atom. The van der Waals surface area contributed by atoms with Gasteiger partial charge in [0.05, 0.1) is 22.7 Å². The minimum Gasteiger partial charge on any atom is -0.395 e. The van der Waals surface area contributed by atoms with Crippen molar-refractivity contribution in [3.63, 3.8) is 0 Å². The van der Waals surface area contributed by atoms with Gasteiger partial charge in [0.1, 0.15) is 11.9 Å². The van der Waals surface area contributed by atoms with E-state index < -0.39 is 34.2 Å². The van der Waals surface area contributed by atoms with Gasteiger partial charge in [0.2, 0.25) is 0 Å². The van der Waals surface area contributed by atoms with E-state index in [0.29, 0.717) is 4.90 Å². The minimum absolute atomic E-state index is 0.0219. The number of nitrogens with one attached hydrogen (secondary N) is 1. The van der Waals surface area contributed by atoms with Crippen molar-refractivity contribution in [3.8, 4) is 0 Å². The summed E-state index contributed by atoms with van der Waals surface area (Å²) in [6.45, 7) is -0.347. The molecule has 0 aliphatic carbocycles. The summed E-state index contributed by atoms with van der Waals surface area (Å²) in [7, 11) is 0. The van der Waals surface area contributed by atoms with Crippen LogP contribution in [0.25, 0.3) is 10.8 Å². The Bertz CT molecular complexity index is 1360. The molecule has 12 heteroatoms. The van der Waals surface area contributed by atoms with E-state index in [4.69, 9.17) is 5.11 Å². The number of pyridine rings is 1. The molecule has 12 nitrogen and oxygen atoms in total. The molecule has 1 aromatic heterocycles. The molecule has 0 saturated carbocycles. The smallest absolute Gasteiger partial charge is 0.311 e. The molecule has 2 aliphatic rings. The largest absolute Gasteiger partial charge is 0.395 e. The Morgan fingerprint density at radius 3 is 1.88 bits per heavy atom. The van der Waals surface area contributed by atoms with Crippen molar-refractivity contribution < 1.29 is 29.2 Å². The average Bonchev–Trinajstić information content (AvgIpc) is 2.81. The molecule has 33 heavy (non-hydrogen) atoms. The standard InChI is InChI=1S/C21H13N5O7/c27-8-7-23-25-20(30)12-3-1-10-16-11(2-4-13(17(12)16)21(25)31)19(29)24(18(10)28)14-5-6-22-9-15(14)26(32)33/h1-6,9,23,27H,7-8H2. The molecule has 2 aliphatic heterocycles. The molecule has 5 rings (SSSR count). The van der Waals surface area contributed by atoms with Gasteiger partial charge in [0.15, 0.2) is 0 Å². The van der Waals surface area contributed by atoms with Crippen LogP contribution in [0, 0.1) is 10.1 Å². The van der Waals surface area contributed by atoms with Crippen LogP contribution >= 0.6 is 0 Å². The van der Waals surface area contributed by atoms with Gasteiger partial charge in [0.25, 0.3) is 23.6 Å². The van der Waals surface area contributed by atoms with Gasteiger partial charge in [-0.25, -0.2) is 15.3 Å². The number of benzene rings is 2. The number of aromatic nitrogens is 1. The summed E-state index contributed by atoms with van der Waals surface area (Å²) in [5.41, 5.74) is 2.02. The molecule has 3 heterocycles. The third-order valence-electron chi connectivity index (χ3n) is 5.49. The van der Waals surface area contributed by atoms with Crippen LogP contribution in [-0.2, 0) is 0 Å². The molecule has 164 valence electrons. The number of nitro groups is 1. The topological polar surface area (TPSA) is 163 Å². The minimum atomic E-state index is -0.828. The van der Waals surface area contributed by atoms with Crippen LogP contribution < -0.4 is 10.3 Å². The normalized spacial score (nSPS) is 14.9. The highest BCUT2D eigenvalue weighted by Crippen LogP contribution is 2.40. The van der Waals surface area contributed by atoms with Crippen molar-refractivity contribution >= 4 is 45.8 Å². The first kappa shape index (κ1) is 20.4. The first-order valence-corrected chi connectivity index (χ1v) is 9.67. The van der Waals surface area contributed by atoms with Crippen LogP contribution in [0.15, 0.2) is 42.7 Å². The fourth-order valence-corrected chi connectivity index (χ4v) is 4.11. The summed E-state index contributed by atoms with van der Waals surface area (Å²) in [5, 5.41) is 21.5. The second kappa shape index (κ2) is 7.25. The van der Waals surface area contributed by atoms with Gasteiger partial charge >= 0.3 is 5.69 Å². The summed E-state index contributed by atoms with van der Waals surface area (Å²) < 4.78 is 0. The van der Waals surface area contributed by atoms with Crippen molar-refractivity contribution in [1.29, 1.82) is 0 Å². The molecule has 0 fully saturated rings. The Balaban J connectivity index is 1.73. The van der Waals surface area contributed by atoms with E-state index in [1.807, 2.05) is 0 Å². The third-order valence-corrected chi connectivity index (χ3v) is 5.49. The highest BCUT2D eigenvalue weighted by atomic mass is 16.6. The second-order valence-corrected chi connectivity index (χ2v) is 7.22. The number of aliphatic hydroxyl groups excluding tert-OH is 1. The van der Waals surface area contributed by atoms with E-state index >= 15 is 0 Å². The fourth-order valence-electron chi connectivity index (χ4n) is 4.11. The van der Waals surface area contributed by atoms with Gasteiger partial charge in [-0.1, -0.05) is 0 Å². The molecule has 0 bridgehead atoms. The van der Waals surface area contributed by atoms with E-state index in [1.165, 1.54) is 36.5 Å². The Hall–Kier alpha value is -4.55. The second-order valence-electron chi connectivity index (χ2n) is 7.22. The van der Waals surface area contributed by atoms with Gasteiger partial charge in [-0.05, 0) is 30.3 Å². The number of hydrogen-bond donors (Lipinski definition) is 2. The molecule has 0 unspecified atom stereocenters. The van der Waals surface area contributed by atoms with Gasteiger partial charge in [-0.15, -0.1) is 0 Å². The Morgan fingerprint density at radius 2 is 1.39 bits per heavy atom. The van der Waals surface area contributed by atoms with Gasteiger partial charge in [-0.3, -0.25) is 34.3 Å². The van der Waals surface area contributed by atoms with Crippen molar-refractivity contribution in [3.05, 3.63) is 75.1 Å². The van der Waals surface area contributed by atoms with Gasteiger partial charge in [-0.2, -0.15) is 0 Å². The monoisotopic (exact) mass is 447 g/mol. The molecule has 0 radical (unpaired) electrons. The summed E-state index contributed by atoms with van der Waals surface area (Å²) in [6.07, 6.45) is 2.17. The van der Waals surface area contributed by atoms with Crippen molar-refractivity contribution in [2.45, 2.75) is 0 Å². The highest BCUT2D eigenvalue weighted by molar-refractivity contribution is 6.39. The molecule has 0 spiro atoms. The van der Waals surface area contributed by atoms with Crippen LogP contribution in [0.5, 0.6) is 0 Å². The maximum atomic E-state index is 13.3. The van der Waals surface area contributed by atoms with E-state index in [1.54, 1.807) is 0 Å². The zero-order chi connectivity index (χ0) is 23.4. The van der Waals surface area contributed by atoms with Crippen LogP contribution in [0.2, 0.25) is 0 Å². The van der Waals surface area contributed by atoms with E-state index in [0.717, 1.165) is 11.2 Å². The zero-order valence-corrected chi connectivity index (χ0v) is 16.6. The van der Waals surface area contributed by atoms with Gasteiger partial charge < -0.3 is 5.11 Å². The summed E-state index contributed by atoms with van der Waals surface area (Å²) >= 11 is 0.